The van der Waals surface area contributed by atoms with Gasteiger partial charge in [0.2, 0.25) is 0 Å². The molecule has 1 aliphatic carbocycles. The topological polar surface area (TPSA) is 44.0 Å². The van der Waals surface area contributed by atoms with Gasteiger partial charge in [-0.25, -0.2) is 0 Å². The molecule has 0 spiro atoms. The van der Waals surface area contributed by atoms with Crippen LogP contribution in [-0.4, -0.2) is 5.11 Å². The Labute approximate surface area is 81.4 Å². The Bertz CT molecular complexity index is 390. The summed E-state index contributed by atoms with van der Waals surface area (Å²) in [6.07, 6.45) is 1.76. The molecule has 0 aliphatic heterocycles. The molecule has 66 valence electrons. The van der Waals surface area contributed by atoms with E-state index in [2.05, 4.69) is 6.07 Å². The molecule has 2 nitrogen and oxygen atoms in total. The number of phenols is 1. The molecule has 0 amide bonds. The molecule has 0 unspecified atom stereocenters. The molecule has 0 radical (unpaired) electrons. The lowest BCUT2D eigenvalue weighted by Crippen LogP contribution is -2.01. The summed E-state index contributed by atoms with van der Waals surface area (Å²) in [5.74, 6) is 0.0562. The summed E-state index contributed by atoms with van der Waals surface area (Å²) in [7, 11) is 0. The first-order valence-electron chi connectivity index (χ1n) is 4.08. The molecule has 1 saturated carbocycles. The number of nitrogens with zero attached hydrogens (tertiary/aromatic N) is 1. The third-order valence-electron chi connectivity index (χ3n) is 2.46. The van der Waals surface area contributed by atoms with Gasteiger partial charge in [0.25, 0.3) is 0 Å². The first-order chi connectivity index (χ1) is 6.18. The van der Waals surface area contributed by atoms with Crippen LogP contribution in [0.5, 0.6) is 5.75 Å². The van der Waals surface area contributed by atoms with Gasteiger partial charge in [0.1, 0.15) is 5.75 Å². The van der Waals surface area contributed by atoms with Gasteiger partial charge in [0.05, 0.1) is 16.5 Å². The maximum Gasteiger partial charge on any atom is 0.134 e. The zero-order chi connectivity index (χ0) is 9.47. The van der Waals surface area contributed by atoms with Gasteiger partial charge in [-0.3, -0.25) is 0 Å². The first-order valence-corrected chi connectivity index (χ1v) is 4.46. The third-order valence-corrected chi connectivity index (χ3v) is 2.78. The molecular formula is C10H8ClNO. The molecule has 0 atom stereocenters. The average Bonchev–Trinajstić information content (AvgIpc) is 2.90. The zero-order valence-corrected chi connectivity index (χ0v) is 7.67. The maximum atomic E-state index is 9.35. The number of nitriles is 1. The van der Waals surface area contributed by atoms with Gasteiger partial charge >= 0.3 is 0 Å². The highest BCUT2D eigenvalue weighted by Gasteiger charge is 2.45. The number of halogens is 1. The van der Waals surface area contributed by atoms with Gasteiger partial charge in [-0.15, -0.1) is 0 Å². The van der Waals surface area contributed by atoms with Gasteiger partial charge < -0.3 is 5.11 Å². The van der Waals surface area contributed by atoms with Crippen LogP contribution in [0.2, 0.25) is 5.02 Å². The van der Waals surface area contributed by atoms with E-state index < -0.39 is 0 Å². The Hall–Kier alpha value is -1.20. The van der Waals surface area contributed by atoms with Gasteiger partial charge in [-0.2, -0.15) is 5.26 Å². The Morgan fingerprint density at radius 1 is 1.46 bits per heavy atom. The summed E-state index contributed by atoms with van der Waals surface area (Å²) in [5, 5.41) is 18.6. The lowest BCUT2D eigenvalue weighted by atomic mass is 9.98. The minimum Gasteiger partial charge on any atom is -0.506 e. The molecule has 1 aromatic carbocycles. The summed E-state index contributed by atoms with van der Waals surface area (Å²) >= 11 is 5.66. The Morgan fingerprint density at radius 3 is 2.62 bits per heavy atom. The molecular weight excluding hydrogens is 186 g/mol. The first kappa shape index (κ1) is 8.40. The second kappa shape index (κ2) is 2.65. The van der Waals surface area contributed by atoms with E-state index in [1.165, 1.54) is 0 Å². The Kier molecular flexibility index (Phi) is 1.71. The molecule has 1 fully saturated rings. The van der Waals surface area contributed by atoms with E-state index in [-0.39, 0.29) is 11.2 Å². The van der Waals surface area contributed by atoms with E-state index in [0.717, 1.165) is 18.4 Å². The van der Waals surface area contributed by atoms with E-state index in [0.29, 0.717) is 5.02 Å². The van der Waals surface area contributed by atoms with Crippen LogP contribution in [0.1, 0.15) is 18.4 Å². The molecule has 0 bridgehead atoms. The predicted octanol–water partition coefficient (Wildman–Crippen LogP) is 2.60. The molecule has 0 saturated heterocycles. The van der Waals surface area contributed by atoms with E-state index in [1.807, 2.05) is 0 Å². The molecule has 1 N–H and O–H groups in total. The standard InChI is InChI=1S/C10H8ClNO/c11-8-2-1-7(5-9(8)13)10(6-12)3-4-10/h1-2,5,13H,3-4H2. The summed E-state index contributed by atoms with van der Waals surface area (Å²) in [4.78, 5) is 0. The Balaban J connectivity index is 2.44. The van der Waals surface area contributed by atoms with Crippen molar-refractivity contribution in [2.24, 2.45) is 0 Å². The minimum atomic E-state index is -0.345. The van der Waals surface area contributed by atoms with Crippen molar-refractivity contribution in [2.75, 3.05) is 0 Å². The van der Waals surface area contributed by atoms with Crippen LogP contribution >= 0.6 is 11.6 Å². The lowest BCUT2D eigenvalue weighted by molar-refractivity contribution is 0.474. The second-order valence-corrected chi connectivity index (χ2v) is 3.77. The minimum absolute atomic E-state index is 0.0562. The number of aromatic hydroxyl groups is 1. The summed E-state index contributed by atoms with van der Waals surface area (Å²) in [5.41, 5.74) is 0.527. The highest BCUT2D eigenvalue weighted by Crippen LogP contribution is 2.48. The molecule has 0 aromatic heterocycles. The molecule has 0 heterocycles. The van der Waals surface area contributed by atoms with Crippen molar-refractivity contribution in [3.8, 4) is 11.8 Å². The fourth-order valence-corrected chi connectivity index (χ4v) is 1.52. The van der Waals surface area contributed by atoms with Crippen molar-refractivity contribution in [3.63, 3.8) is 0 Å². The summed E-state index contributed by atoms with van der Waals surface area (Å²) in [6, 6.07) is 7.28. The van der Waals surface area contributed by atoms with Crippen molar-refractivity contribution in [1.82, 2.24) is 0 Å². The second-order valence-electron chi connectivity index (χ2n) is 3.36. The number of hydrogen-bond acceptors (Lipinski definition) is 2. The number of phenolic OH excluding ortho intramolecular Hbond substituents is 1. The van der Waals surface area contributed by atoms with E-state index >= 15 is 0 Å². The van der Waals surface area contributed by atoms with E-state index in [1.54, 1.807) is 18.2 Å². The molecule has 1 aromatic rings. The van der Waals surface area contributed by atoms with E-state index in [9.17, 15) is 5.11 Å². The van der Waals surface area contributed by atoms with Crippen LogP contribution in [0.15, 0.2) is 18.2 Å². The monoisotopic (exact) mass is 193 g/mol. The van der Waals surface area contributed by atoms with Crippen LogP contribution in [0.3, 0.4) is 0 Å². The number of hydrogen-bond donors (Lipinski definition) is 1. The lowest BCUT2D eigenvalue weighted by Gasteiger charge is -2.06. The van der Waals surface area contributed by atoms with Crippen LogP contribution in [-0.2, 0) is 5.41 Å². The molecule has 13 heavy (non-hydrogen) atoms. The quantitative estimate of drug-likeness (QED) is 0.745. The third kappa shape index (κ3) is 1.26. The SMILES string of the molecule is N#CC1(c2ccc(Cl)c(O)c2)CC1. The van der Waals surface area contributed by atoms with Crippen molar-refractivity contribution < 1.29 is 5.11 Å². The van der Waals surface area contributed by atoms with Crippen LogP contribution in [0.25, 0.3) is 0 Å². The van der Waals surface area contributed by atoms with Crippen molar-refractivity contribution >= 4 is 11.6 Å². The Morgan fingerprint density at radius 2 is 2.15 bits per heavy atom. The maximum absolute atomic E-state index is 9.35. The normalized spacial score (nSPS) is 17.8. The summed E-state index contributed by atoms with van der Waals surface area (Å²) in [6.45, 7) is 0. The predicted molar refractivity (Wildman–Crippen MR) is 49.6 cm³/mol. The number of benzene rings is 1. The zero-order valence-electron chi connectivity index (χ0n) is 6.92. The average molecular weight is 194 g/mol. The molecule has 1 aliphatic rings. The highest BCUT2D eigenvalue weighted by molar-refractivity contribution is 6.32. The molecule has 3 heteroatoms. The highest BCUT2D eigenvalue weighted by atomic mass is 35.5. The van der Waals surface area contributed by atoms with Crippen LogP contribution in [0.4, 0.5) is 0 Å². The largest absolute Gasteiger partial charge is 0.506 e. The fourth-order valence-electron chi connectivity index (χ4n) is 1.40. The van der Waals surface area contributed by atoms with Gasteiger partial charge in [0, 0.05) is 0 Å². The number of rotatable bonds is 1. The smallest absolute Gasteiger partial charge is 0.134 e. The van der Waals surface area contributed by atoms with Crippen LogP contribution in [0, 0.1) is 11.3 Å². The van der Waals surface area contributed by atoms with E-state index in [4.69, 9.17) is 16.9 Å². The fraction of sp³-hybridized carbons (Fsp3) is 0.300. The van der Waals surface area contributed by atoms with Gasteiger partial charge in [-0.1, -0.05) is 17.7 Å². The van der Waals surface area contributed by atoms with Crippen LogP contribution < -0.4 is 0 Å². The van der Waals surface area contributed by atoms with Crippen molar-refractivity contribution in [2.45, 2.75) is 18.3 Å². The van der Waals surface area contributed by atoms with Crippen molar-refractivity contribution in [1.29, 1.82) is 5.26 Å². The van der Waals surface area contributed by atoms with Gasteiger partial charge in [-0.05, 0) is 30.5 Å². The van der Waals surface area contributed by atoms with Crippen molar-refractivity contribution in [3.05, 3.63) is 28.8 Å². The molecule has 2 rings (SSSR count). The summed E-state index contributed by atoms with van der Waals surface area (Å²) < 4.78 is 0. The van der Waals surface area contributed by atoms with Gasteiger partial charge in [0.15, 0.2) is 0 Å².